The van der Waals surface area contributed by atoms with Gasteiger partial charge in [0.05, 0.1) is 12.8 Å². The number of rotatable bonds is 8. The lowest BCUT2D eigenvalue weighted by Gasteiger charge is -2.38. The molecule has 1 saturated carbocycles. The number of aliphatic hydroxyl groups is 1. The second-order valence-electron chi connectivity index (χ2n) is 9.08. The van der Waals surface area contributed by atoms with Crippen molar-refractivity contribution in [3.63, 3.8) is 0 Å². The monoisotopic (exact) mass is 452 g/mol. The molecule has 4 rings (SSSR count). The molecule has 0 radical (unpaired) electrons. The lowest BCUT2D eigenvalue weighted by atomic mass is 9.81. The molecule has 1 saturated heterocycles. The van der Waals surface area contributed by atoms with E-state index in [0.717, 1.165) is 75.7 Å². The van der Waals surface area contributed by atoms with Crippen LogP contribution in [-0.2, 0) is 4.79 Å². The fourth-order valence-electron chi connectivity index (χ4n) is 5.01. The Morgan fingerprint density at radius 3 is 2.45 bits per heavy atom. The first-order valence-corrected chi connectivity index (χ1v) is 12.1. The largest absolute Gasteiger partial charge is 0.495 e. The summed E-state index contributed by atoms with van der Waals surface area (Å²) in [6, 6.07) is 13.9. The summed E-state index contributed by atoms with van der Waals surface area (Å²) in [6.45, 7) is 5.46. The maximum atomic E-state index is 13.5. The number of nitrogens with zero attached hydrogens (tertiary/aromatic N) is 4. The van der Waals surface area contributed by atoms with Gasteiger partial charge in [0.15, 0.2) is 0 Å². The van der Waals surface area contributed by atoms with Gasteiger partial charge in [-0.1, -0.05) is 18.2 Å². The Balaban J connectivity index is 1.35. The number of amides is 1. The molecular weight excluding hydrogens is 416 g/mol. The molecule has 0 bridgehead atoms. The van der Waals surface area contributed by atoms with Gasteiger partial charge >= 0.3 is 0 Å². The maximum Gasteiger partial charge on any atom is 0.231 e. The maximum absolute atomic E-state index is 13.5. The van der Waals surface area contributed by atoms with E-state index in [9.17, 15) is 9.90 Å². The molecule has 0 spiro atoms. The van der Waals surface area contributed by atoms with Crippen molar-refractivity contribution >= 4 is 17.4 Å². The molecule has 0 unspecified atom stereocenters. The van der Waals surface area contributed by atoms with Crippen molar-refractivity contribution < 1.29 is 14.6 Å². The Kier molecular flexibility index (Phi) is 8.18. The van der Waals surface area contributed by atoms with E-state index in [1.165, 1.54) is 0 Å². The molecule has 0 atom stereocenters. The van der Waals surface area contributed by atoms with Crippen LogP contribution >= 0.6 is 0 Å². The molecule has 2 aromatic rings. The van der Waals surface area contributed by atoms with Crippen LogP contribution in [0.3, 0.4) is 0 Å². The van der Waals surface area contributed by atoms with Gasteiger partial charge in [-0.05, 0) is 55.9 Å². The van der Waals surface area contributed by atoms with Gasteiger partial charge in [0.2, 0.25) is 5.91 Å². The van der Waals surface area contributed by atoms with Gasteiger partial charge in [0.1, 0.15) is 11.6 Å². The first kappa shape index (κ1) is 23.5. The zero-order valence-electron chi connectivity index (χ0n) is 19.6. The van der Waals surface area contributed by atoms with E-state index in [-0.39, 0.29) is 18.4 Å². The average molecular weight is 453 g/mol. The van der Waals surface area contributed by atoms with Crippen molar-refractivity contribution in [2.45, 2.75) is 25.7 Å². The van der Waals surface area contributed by atoms with Gasteiger partial charge in [-0.15, -0.1) is 0 Å². The van der Waals surface area contributed by atoms with E-state index >= 15 is 0 Å². The highest BCUT2D eigenvalue weighted by molar-refractivity contribution is 5.94. The Morgan fingerprint density at radius 1 is 1.06 bits per heavy atom. The second kappa shape index (κ2) is 11.5. The SMILES string of the molecule is COc1ccccc1N1CCN(CCN(c2ccccn2)C(=O)[C@H]2CC[C@H](CO)CC2)CC1. The van der Waals surface area contributed by atoms with Gasteiger partial charge in [0, 0.05) is 58.0 Å². The minimum Gasteiger partial charge on any atom is -0.495 e. The van der Waals surface area contributed by atoms with Crippen molar-refractivity contribution in [3.8, 4) is 5.75 Å². The van der Waals surface area contributed by atoms with Gasteiger partial charge in [0.25, 0.3) is 0 Å². The molecule has 1 amide bonds. The van der Waals surface area contributed by atoms with Crippen molar-refractivity contribution in [2.75, 3.05) is 62.8 Å². The van der Waals surface area contributed by atoms with Gasteiger partial charge < -0.3 is 14.7 Å². The van der Waals surface area contributed by atoms with E-state index in [1.54, 1.807) is 13.3 Å². The molecular formula is C26H36N4O3. The van der Waals surface area contributed by atoms with Crippen LogP contribution in [-0.4, -0.2) is 73.9 Å². The Morgan fingerprint density at radius 2 is 1.79 bits per heavy atom. The van der Waals surface area contributed by atoms with Crippen molar-refractivity contribution in [1.82, 2.24) is 9.88 Å². The van der Waals surface area contributed by atoms with Crippen molar-refractivity contribution in [2.24, 2.45) is 11.8 Å². The summed E-state index contributed by atoms with van der Waals surface area (Å²) in [6.07, 6.45) is 5.31. The van der Waals surface area contributed by atoms with E-state index in [2.05, 4.69) is 26.9 Å². The summed E-state index contributed by atoms with van der Waals surface area (Å²) >= 11 is 0. The van der Waals surface area contributed by atoms with Crippen LogP contribution in [0.5, 0.6) is 5.75 Å². The summed E-state index contributed by atoms with van der Waals surface area (Å²) in [7, 11) is 1.72. The Labute approximate surface area is 197 Å². The minimum atomic E-state index is 0.0252. The number of piperazine rings is 1. The zero-order chi connectivity index (χ0) is 23.0. The summed E-state index contributed by atoms with van der Waals surface area (Å²) < 4.78 is 5.53. The van der Waals surface area contributed by atoms with Crippen LogP contribution in [0.25, 0.3) is 0 Å². The van der Waals surface area contributed by atoms with Crippen LogP contribution in [0.1, 0.15) is 25.7 Å². The van der Waals surface area contributed by atoms with Crippen LogP contribution in [0.2, 0.25) is 0 Å². The molecule has 7 nitrogen and oxygen atoms in total. The molecule has 1 aliphatic carbocycles. The van der Waals surface area contributed by atoms with Crippen molar-refractivity contribution in [1.29, 1.82) is 0 Å². The number of pyridine rings is 1. The lowest BCUT2D eigenvalue weighted by molar-refractivity contribution is -0.123. The number of benzene rings is 1. The molecule has 33 heavy (non-hydrogen) atoms. The number of anilines is 2. The van der Waals surface area contributed by atoms with Crippen molar-refractivity contribution in [3.05, 3.63) is 48.7 Å². The predicted molar refractivity (Wildman–Crippen MR) is 131 cm³/mol. The van der Waals surface area contributed by atoms with E-state index in [1.807, 2.05) is 35.2 Å². The number of carbonyl (C=O) groups is 1. The molecule has 178 valence electrons. The fourth-order valence-corrected chi connectivity index (χ4v) is 5.01. The number of carbonyl (C=O) groups excluding carboxylic acids is 1. The number of hydrogen-bond donors (Lipinski definition) is 1. The number of methoxy groups -OCH3 is 1. The van der Waals surface area contributed by atoms with Crippen LogP contribution in [0, 0.1) is 11.8 Å². The summed E-state index contributed by atoms with van der Waals surface area (Å²) in [5.74, 6) is 2.19. The van der Waals surface area contributed by atoms with E-state index < -0.39 is 0 Å². The summed E-state index contributed by atoms with van der Waals surface area (Å²) in [5, 5.41) is 9.43. The first-order chi connectivity index (χ1) is 16.2. The highest BCUT2D eigenvalue weighted by Crippen LogP contribution is 2.31. The predicted octanol–water partition coefficient (Wildman–Crippen LogP) is 3.04. The molecule has 1 aliphatic heterocycles. The molecule has 2 fully saturated rings. The quantitative estimate of drug-likeness (QED) is 0.664. The molecule has 1 aromatic heterocycles. The Bertz CT molecular complexity index is 878. The third kappa shape index (κ3) is 5.84. The molecule has 1 aromatic carbocycles. The number of para-hydroxylation sites is 2. The second-order valence-corrected chi connectivity index (χ2v) is 9.08. The smallest absolute Gasteiger partial charge is 0.231 e. The number of ether oxygens (including phenoxy) is 1. The highest BCUT2D eigenvalue weighted by atomic mass is 16.5. The minimum absolute atomic E-state index is 0.0252. The molecule has 7 heteroatoms. The fraction of sp³-hybridized carbons (Fsp3) is 0.538. The molecule has 1 N–H and O–H groups in total. The van der Waals surface area contributed by atoms with Crippen LogP contribution in [0.15, 0.2) is 48.7 Å². The number of aromatic nitrogens is 1. The number of aliphatic hydroxyl groups excluding tert-OH is 1. The molecule has 2 aliphatic rings. The summed E-state index contributed by atoms with van der Waals surface area (Å²) in [5.41, 5.74) is 1.14. The Hall–Kier alpha value is -2.64. The first-order valence-electron chi connectivity index (χ1n) is 12.1. The van der Waals surface area contributed by atoms with Crippen LogP contribution in [0.4, 0.5) is 11.5 Å². The van der Waals surface area contributed by atoms with E-state index in [0.29, 0.717) is 12.5 Å². The lowest BCUT2D eigenvalue weighted by Crippen LogP contribution is -2.50. The average Bonchev–Trinajstić information content (AvgIpc) is 2.89. The van der Waals surface area contributed by atoms with Crippen LogP contribution < -0.4 is 14.5 Å². The number of hydrogen-bond acceptors (Lipinski definition) is 6. The van der Waals surface area contributed by atoms with E-state index in [4.69, 9.17) is 4.74 Å². The topological polar surface area (TPSA) is 69.1 Å². The third-order valence-electron chi connectivity index (χ3n) is 7.08. The standard InChI is InChI=1S/C26H36N4O3/c1-33-24-7-3-2-6-23(24)29-17-14-28(15-18-29)16-19-30(25-8-4-5-13-27-25)26(32)22-11-9-21(20-31)10-12-22/h2-8,13,21-22,31H,9-12,14-20H2,1H3/t21-,22-. The third-order valence-corrected chi connectivity index (χ3v) is 7.08. The van der Waals surface area contributed by atoms with Gasteiger partial charge in [-0.3, -0.25) is 14.6 Å². The normalized spacial score (nSPS) is 21.6. The molecule has 2 heterocycles. The van der Waals surface area contributed by atoms with Gasteiger partial charge in [-0.25, -0.2) is 4.98 Å². The summed E-state index contributed by atoms with van der Waals surface area (Å²) in [4.78, 5) is 24.6. The highest BCUT2D eigenvalue weighted by Gasteiger charge is 2.31. The zero-order valence-corrected chi connectivity index (χ0v) is 19.6. The van der Waals surface area contributed by atoms with Gasteiger partial charge in [-0.2, -0.15) is 0 Å².